The van der Waals surface area contributed by atoms with Crippen molar-refractivity contribution in [3.8, 4) is 28.7 Å². The maximum atomic E-state index is 13.8. The van der Waals surface area contributed by atoms with Crippen molar-refractivity contribution in [2.45, 2.75) is 5.92 Å². The standard InChI is InChI=1S/C22H23F2NO10S/c1-30-14-11-17(32-3)15(18(12-14)33-4)8-9-36(28,29)25-13-6-7-16(31-2)19(10-13)35-21(27)22(23,24)20(26)34-5/h6-12,25H,1-5H3/b9-8+. The molecule has 0 unspecified atom stereocenters. The molecule has 1 N–H and O–H groups in total. The van der Waals surface area contributed by atoms with Crippen LogP contribution in [0.25, 0.3) is 6.08 Å². The van der Waals surface area contributed by atoms with Gasteiger partial charge >= 0.3 is 17.9 Å². The summed E-state index contributed by atoms with van der Waals surface area (Å²) in [6, 6.07) is 6.36. The van der Waals surface area contributed by atoms with Gasteiger partial charge in [-0.05, 0) is 18.2 Å². The fraction of sp³-hybridized carbons (Fsp3) is 0.273. The van der Waals surface area contributed by atoms with Crippen molar-refractivity contribution in [1.82, 2.24) is 0 Å². The maximum absolute atomic E-state index is 13.8. The van der Waals surface area contributed by atoms with Gasteiger partial charge in [0.1, 0.15) is 17.2 Å². The minimum Gasteiger partial charge on any atom is -0.496 e. The summed E-state index contributed by atoms with van der Waals surface area (Å²) in [6.45, 7) is 0. The third-order valence-corrected chi connectivity index (χ3v) is 5.51. The lowest BCUT2D eigenvalue weighted by Gasteiger charge is -2.15. The highest BCUT2D eigenvalue weighted by molar-refractivity contribution is 7.95. The number of halogens is 2. The summed E-state index contributed by atoms with van der Waals surface area (Å²) in [4.78, 5) is 23.0. The van der Waals surface area contributed by atoms with Gasteiger partial charge in [0, 0.05) is 18.2 Å². The van der Waals surface area contributed by atoms with E-state index < -0.39 is 33.6 Å². The third kappa shape index (κ3) is 6.53. The molecular weight excluding hydrogens is 508 g/mol. The summed E-state index contributed by atoms with van der Waals surface area (Å²) in [5.41, 5.74) is 0.124. The zero-order valence-electron chi connectivity index (χ0n) is 19.8. The molecule has 0 aromatic heterocycles. The molecule has 196 valence electrons. The number of methoxy groups -OCH3 is 5. The quantitative estimate of drug-likeness (QED) is 0.262. The largest absolute Gasteiger partial charge is 0.496 e. The number of ether oxygens (including phenoxy) is 6. The predicted molar refractivity (Wildman–Crippen MR) is 123 cm³/mol. The summed E-state index contributed by atoms with van der Waals surface area (Å²) in [7, 11) is 1.84. The lowest BCUT2D eigenvalue weighted by Crippen LogP contribution is -2.41. The van der Waals surface area contributed by atoms with E-state index in [1.165, 1.54) is 45.6 Å². The number of hydrogen-bond donors (Lipinski definition) is 1. The van der Waals surface area contributed by atoms with Crippen molar-refractivity contribution >= 4 is 33.7 Å². The van der Waals surface area contributed by atoms with E-state index in [0.717, 1.165) is 24.7 Å². The zero-order chi connectivity index (χ0) is 27.1. The van der Waals surface area contributed by atoms with Gasteiger partial charge in [0.05, 0.1) is 52.2 Å². The van der Waals surface area contributed by atoms with Gasteiger partial charge in [-0.2, -0.15) is 8.78 Å². The molecule has 0 aliphatic carbocycles. The molecule has 2 rings (SSSR count). The number of hydrogen-bond acceptors (Lipinski definition) is 10. The predicted octanol–water partition coefficient (Wildman–Crippen LogP) is 2.85. The van der Waals surface area contributed by atoms with Gasteiger partial charge in [0.15, 0.2) is 11.5 Å². The van der Waals surface area contributed by atoms with Crippen LogP contribution in [0.1, 0.15) is 5.56 Å². The van der Waals surface area contributed by atoms with E-state index in [4.69, 9.17) is 18.9 Å². The number of carbonyl (C=O) groups is 2. The van der Waals surface area contributed by atoms with E-state index in [2.05, 4.69) is 14.2 Å². The second-order valence-electron chi connectivity index (χ2n) is 6.72. The molecule has 0 atom stereocenters. The SMILES string of the molecule is COC(=O)C(F)(F)C(=O)Oc1cc(NS(=O)(=O)/C=C/c2c(OC)cc(OC)cc2OC)ccc1OC. The molecule has 2 aromatic carbocycles. The van der Waals surface area contributed by atoms with Crippen LogP contribution in [0, 0.1) is 0 Å². The van der Waals surface area contributed by atoms with Crippen LogP contribution in [0.15, 0.2) is 35.7 Å². The van der Waals surface area contributed by atoms with E-state index in [1.807, 2.05) is 0 Å². The van der Waals surface area contributed by atoms with E-state index in [9.17, 15) is 26.8 Å². The van der Waals surface area contributed by atoms with Gasteiger partial charge in [-0.25, -0.2) is 18.0 Å². The first-order valence-electron chi connectivity index (χ1n) is 9.79. The first-order valence-corrected chi connectivity index (χ1v) is 11.3. The number of esters is 2. The molecule has 14 heteroatoms. The Morgan fingerprint density at radius 1 is 0.833 bits per heavy atom. The number of anilines is 1. The first-order chi connectivity index (χ1) is 16.9. The lowest BCUT2D eigenvalue weighted by molar-refractivity contribution is -0.183. The summed E-state index contributed by atoms with van der Waals surface area (Å²) < 4.78 is 84.1. The van der Waals surface area contributed by atoms with Gasteiger partial charge in [-0.15, -0.1) is 0 Å². The Morgan fingerprint density at radius 3 is 1.92 bits per heavy atom. The molecule has 36 heavy (non-hydrogen) atoms. The second-order valence-corrected chi connectivity index (χ2v) is 8.28. The van der Waals surface area contributed by atoms with Crippen LogP contribution < -0.4 is 28.4 Å². The normalized spacial score (nSPS) is 11.5. The Labute approximate surface area is 205 Å². The highest BCUT2D eigenvalue weighted by atomic mass is 32.2. The third-order valence-electron chi connectivity index (χ3n) is 4.49. The van der Waals surface area contributed by atoms with Crippen LogP contribution in [0.3, 0.4) is 0 Å². The summed E-state index contributed by atoms with van der Waals surface area (Å²) in [6.07, 6.45) is 1.21. The van der Waals surface area contributed by atoms with Crippen LogP contribution >= 0.6 is 0 Å². The van der Waals surface area contributed by atoms with E-state index in [-0.39, 0.29) is 22.9 Å². The van der Waals surface area contributed by atoms with Crippen molar-refractivity contribution < 1.29 is 55.2 Å². The Balaban J connectivity index is 2.34. The molecule has 0 fully saturated rings. The Kier molecular flexibility index (Phi) is 9.06. The van der Waals surface area contributed by atoms with Gasteiger partial charge in [-0.1, -0.05) is 0 Å². The molecule has 11 nitrogen and oxygen atoms in total. The summed E-state index contributed by atoms with van der Waals surface area (Å²) in [5.74, 6) is -8.78. The van der Waals surface area contributed by atoms with Gasteiger partial charge in [-0.3, -0.25) is 4.72 Å². The lowest BCUT2D eigenvalue weighted by atomic mass is 10.1. The Hall–Kier alpha value is -4.07. The zero-order valence-corrected chi connectivity index (χ0v) is 20.6. The smallest absolute Gasteiger partial charge is 0.437 e. The fourth-order valence-corrected chi connectivity index (χ4v) is 3.59. The molecule has 0 aliphatic rings. The van der Waals surface area contributed by atoms with Crippen LogP contribution in [-0.2, 0) is 24.3 Å². The highest BCUT2D eigenvalue weighted by Crippen LogP contribution is 2.36. The average Bonchev–Trinajstić information content (AvgIpc) is 2.86. The van der Waals surface area contributed by atoms with Gasteiger partial charge in [0.25, 0.3) is 10.0 Å². The first kappa shape index (κ1) is 28.2. The van der Waals surface area contributed by atoms with E-state index in [1.54, 1.807) is 0 Å². The van der Waals surface area contributed by atoms with Crippen LogP contribution in [-0.4, -0.2) is 61.8 Å². The van der Waals surface area contributed by atoms with Crippen LogP contribution in [0.2, 0.25) is 0 Å². The van der Waals surface area contributed by atoms with Gasteiger partial charge in [0.2, 0.25) is 0 Å². The highest BCUT2D eigenvalue weighted by Gasteiger charge is 2.51. The fourth-order valence-electron chi connectivity index (χ4n) is 2.75. The second kappa shape index (κ2) is 11.6. The number of sulfonamides is 1. The van der Waals surface area contributed by atoms with E-state index in [0.29, 0.717) is 18.4 Å². The molecular formula is C22H23F2NO10S. The number of carbonyl (C=O) groups excluding carboxylic acids is 2. The molecule has 0 saturated carbocycles. The summed E-state index contributed by atoms with van der Waals surface area (Å²) in [5, 5.41) is 0.807. The van der Waals surface area contributed by atoms with E-state index >= 15 is 0 Å². The van der Waals surface area contributed by atoms with Crippen molar-refractivity contribution in [2.75, 3.05) is 40.3 Å². The van der Waals surface area contributed by atoms with Crippen molar-refractivity contribution in [1.29, 1.82) is 0 Å². The number of rotatable bonds is 11. The number of alkyl halides is 2. The summed E-state index contributed by atoms with van der Waals surface area (Å²) >= 11 is 0. The molecule has 0 bridgehead atoms. The number of nitrogens with one attached hydrogen (secondary N) is 1. The Morgan fingerprint density at radius 2 is 1.42 bits per heavy atom. The van der Waals surface area contributed by atoms with Crippen molar-refractivity contribution in [2.24, 2.45) is 0 Å². The Bertz CT molecular complexity index is 1240. The molecule has 0 saturated heterocycles. The van der Waals surface area contributed by atoms with Crippen molar-refractivity contribution in [3.05, 3.63) is 41.3 Å². The molecule has 0 amide bonds. The van der Waals surface area contributed by atoms with Crippen molar-refractivity contribution in [3.63, 3.8) is 0 Å². The minimum atomic E-state index is -4.60. The monoisotopic (exact) mass is 531 g/mol. The molecule has 2 aromatic rings. The minimum absolute atomic E-state index is 0.168. The average molecular weight is 531 g/mol. The molecule has 0 spiro atoms. The topological polar surface area (TPSA) is 136 Å². The molecule has 0 heterocycles. The molecule has 0 aliphatic heterocycles. The van der Waals surface area contributed by atoms with Crippen LogP contribution in [0.4, 0.5) is 14.5 Å². The molecule has 0 radical (unpaired) electrons. The maximum Gasteiger partial charge on any atom is 0.437 e. The number of benzene rings is 2. The van der Waals surface area contributed by atoms with Crippen LogP contribution in [0.5, 0.6) is 28.7 Å². The van der Waals surface area contributed by atoms with Gasteiger partial charge < -0.3 is 28.4 Å².